The summed E-state index contributed by atoms with van der Waals surface area (Å²) in [5.41, 5.74) is 1.52. The molecule has 4 nitrogen and oxygen atoms in total. The van der Waals surface area contributed by atoms with Gasteiger partial charge in [0.1, 0.15) is 16.6 Å². The standard InChI is InChI=1S/C17H13FN2O2S/c18-15-7-2-1-6-14(15)17-20-12(10-23-17)9-16(22)19-11-4-3-5-13(21)8-11/h1-8,10,21H,9H2,(H,19,22). The van der Waals surface area contributed by atoms with Crippen molar-refractivity contribution in [2.45, 2.75) is 6.42 Å². The third kappa shape index (κ3) is 3.73. The Kier molecular flexibility index (Phi) is 4.34. The molecule has 2 N–H and O–H groups in total. The van der Waals surface area contributed by atoms with Gasteiger partial charge in [-0.1, -0.05) is 18.2 Å². The molecule has 0 bridgehead atoms. The minimum Gasteiger partial charge on any atom is -0.508 e. The van der Waals surface area contributed by atoms with Crippen molar-refractivity contribution in [1.82, 2.24) is 4.98 Å². The van der Waals surface area contributed by atoms with Gasteiger partial charge < -0.3 is 10.4 Å². The molecule has 0 saturated heterocycles. The second-order valence-electron chi connectivity index (χ2n) is 4.90. The van der Waals surface area contributed by atoms with Gasteiger partial charge in [-0.25, -0.2) is 9.37 Å². The number of amides is 1. The molecule has 6 heteroatoms. The minimum absolute atomic E-state index is 0.0818. The molecule has 0 aliphatic carbocycles. The van der Waals surface area contributed by atoms with E-state index in [1.807, 2.05) is 0 Å². The predicted octanol–water partition coefficient (Wildman–Crippen LogP) is 3.84. The first-order valence-corrected chi connectivity index (χ1v) is 7.78. The maximum absolute atomic E-state index is 13.7. The number of hydrogen-bond acceptors (Lipinski definition) is 4. The molecule has 0 aliphatic heterocycles. The zero-order valence-corrected chi connectivity index (χ0v) is 12.8. The predicted molar refractivity (Wildman–Crippen MR) is 87.9 cm³/mol. The lowest BCUT2D eigenvalue weighted by atomic mass is 10.2. The Bertz CT molecular complexity index is 848. The van der Waals surface area contributed by atoms with Crippen molar-refractivity contribution in [1.29, 1.82) is 0 Å². The van der Waals surface area contributed by atoms with Crippen LogP contribution in [0, 0.1) is 5.82 Å². The van der Waals surface area contributed by atoms with Gasteiger partial charge >= 0.3 is 0 Å². The molecular weight excluding hydrogens is 315 g/mol. The van der Waals surface area contributed by atoms with Gasteiger partial charge in [0.2, 0.25) is 5.91 Å². The number of phenolic OH excluding ortho intramolecular Hbond substituents is 1. The fourth-order valence-electron chi connectivity index (χ4n) is 2.10. The van der Waals surface area contributed by atoms with E-state index in [4.69, 9.17) is 0 Å². The first-order valence-electron chi connectivity index (χ1n) is 6.90. The minimum atomic E-state index is -0.336. The van der Waals surface area contributed by atoms with Crippen molar-refractivity contribution in [2.75, 3.05) is 5.32 Å². The zero-order chi connectivity index (χ0) is 16.2. The average Bonchev–Trinajstić information content (AvgIpc) is 2.95. The van der Waals surface area contributed by atoms with Gasteiger partial charge in [-0.05, 0) is 24.3 Å². The van der Waals surface area contributed by atoms with E-state index in [1.165, 1.54) is 29.5 Å². The molecule has 3 rings (SSSR count). The molecule has 0 aliphatic rings. The van der Waals surface area contributed by atoms with Crippen LogP contribution in [0.25, 0.3) is 10.6 Å². The summed E-state index contributed by atoms with van der Waals surface area (Å²) < 4.78 is 13.7. The van der Waals surface area contributed by atoms with E-state index in [0.717, 1.165) is 0 Å². The quantitative estimate of drug-likeness (QED) is 0.765. The molecule has 0 atom stereocenters. The molecule has 0 unspecified atom stereocenters. The molecule has 2 aromatic carbocycles. The van der Waals surface area contributed by atoms with E-state index in [9.17, 15) is 14.3 Å². The molecular formula is C17H13FN2O2S. The number of rotatable bonds is 4. The molecule has 1 amide bonds. The van der Waals surface area contributed by atoms with E-state index < -0.39 is 0 Å². The maximum atomic E-state index is 13.7. The van der Waals surface area contributed by atoms with E-state index in [-0.39, 0.29) is 23.9 Å². The highest BCUT2D eigenvalue weighted by molar-refractivity contribution is 7.13. The lowest BCUT2D eigenvalue weighted by Gasteiger charge is -2.04. The second kappa shape index (κ2) is 6.58. The van der Waals surface area contributed by atoms with Crippen molar-refractivity contribution in [2.24, 2.45) is 0 Å². The van der Waals surface area contributed by atoms with Crippen LogP contribution in [0.4, 0.5) is 10.1 Å². The van der Waals surface area contributed by atoms with E-state index in [2.05, 4.69) is 10.3 Å². The number of phenols is 1. The molecule has 0 radical (unpaired) electrons. The Morgan fingerprint density at radius 1 is 1.22 bits per heavy atom. The smallest absolute Gasteiger partial charge is 0.230 e. The van der Waals surface area contributed by atoms with Gasteiger partial charge in [0.25, 0.3) is 0 Å². The Labute approximate surface area is 136 Å². The number of hydrogen-bond donors (Lipinski definition) is 2. The van der Waals surface area contributed by atoms with Gasteiger partial charge in [-0.2, -0.15) is 0 Å². The molecule has 0 saturated carbocycles. The summed E-state index contributed by atoms with van der Waals surface area (Å²) in [6.07, 6.45) is 0.0839. The van der Waals surface area contributed by atoms with Gasteiger partial charge in [-0.15, -0.1) is 11.3 Å². The van der Waals surface area contributed by atoms with Crippen LogP contribution in [-0.4, -0.2) is 16.0 Å². The Morgan fingerprint density at radius 3 is 2.83 bits per heavy atom. The fourth-order valence-corrected chi connectivity index (χ4v) is 2.95. The fraction of sp³-hybridized carbons (Fsp3) is 0.0588. The van der Waals surface area contributed by atoms with Gasteiger partial charge in [0, 0.05) is 22.7 Å². The number of carbonyl (C=O) groups excluding carboxylic acids is 1. The topological polar surface area (TPSA) is 62.2 Å². The van der Waals surface area contributed by atoms with Crippen LogP contribution >= 0.6 is 11.3 Å². The number of thiazole rings is 1. The number of nitrogens with zero attached hydrogens (tertiary/aromatic N) is 1. The van der Waals surface area contributed by atoms with Crippen LogP contribution in [0.3, 0.4) is 0 Å². The normalized spacial score (nSPS) is 10.5. The van der Waals surface area contributed by atoms with Crippen molar-refractivity contribution in [3.05, 3.63) is 65.4 Å². The van der Waals surface area contributed by atoms with Crippen LogP contribution in [0.15, 0.2) is 53.9 Å². The number of nitrogens with one attached hydrogen (secondary N) is 1. The van der Waals surface area contributed by atoms with Gasteiger partial charge in [0.05, 0.1) is 12.1 Å². The van der Waals surface area contributed by atoms with Crippen LogP contribution in [0.1, 0.15) is 5.69 Å². The number of halogens is 1. The highest BCUT2D eigenvalue weighted by atomic mass is 32.1. The Balaban J connectivity index is 1.69. The number of aromatic nitrogens is 1. The lowest BCUT2D eigenvalue weighted by molar-refractivity contribution is -0.115. The summed E-state index contributed by atoms with van der Waals surface area (Å²) in [6.45, 7) is 0. The molecule has 3 aromatic rings. The van der Waals surface area contributed by atoms with Crippen LogP contribution in [0.2, 0.25) is 0 Å². The summed E-state index contributed by atoms with van der Waals surface area (Å²) in [6, 6.07) is 12.7. The third-order valence-corrected chi connectivity index (χ3v) is 4.05. The SMILES string of the molecule is O=C(Cc1csc(-c2ccccc2F)n1)Nc1cccc(O)c1. The lowest BCUT2D eigenvalue weighted by Crippen LogP contribution is -2.14. The number of anilines is 1. The third-order valence-electron chi connectivity index (χ3n) is 3.13. The van der Waals surface area contributed by atoms with E-state index in [1.54, 1.807) is 35.7 Å². The molecule has 1 aromatic heterocycles. The summed E-state index contributed by atoms with van der Waals surface area (Å²) in [5.74, 6) is -0.503. The molecule has 23 heavy (non-hydrogen) atoms. The van der Waals surface area contributed by atoms with E-state index in [0.29, 0.717) is 22.0 Å². The first kappa shape index (κ1) is 15.2. The number of benzene rings is 2. The summed E-state index contributed by atoms with van der Waals surface area (Å²) >= 11 is 1.30. The van der Waals surface area contributed by atoms with Crippen molar-refractivity contribution in [3.8, 4) is 16.3 Å². The van der Waals surface area contributed by atoms with Gasteiger partial charge in [0.15, 0.2) is 0 Å². The van der Waals surface area contributed by atoms with Gasteiger partial charge in [-0.3, -0.25) is 4.79 Å². The largest absolute Gasteiger partial charge is 0.508 e. The van der Waals surface area contributed by atoms with Crippen LogP contribution in [0.5, 0.6) is 5.75 Å². The molecule has 0 fully saturated rings. The van der Waals surface area contributed by atoms with Crippen LogP contribution < -0.4 is 5.32 Å². The molecule has 1 heterocycles. The van der Waals surface area contributed by atoms with E-state index >= 15 is 0 Å². The zero-order valence-electron chi connectivity index (χ0n) is 12.0. The number of carbonyl (C=O) groups is 1. The molecule has 0 spiro atoms. The monoisotopic (exact) mass is 328 g/mol. The Hall–Kier alpha value is -2.73. The highest BCUT2D eigenvalue weighted by Gasteiger charge is 2.12. The van der Waals surface area contributed by atoms with Crippen LogP contribution in [-0.2, 0) is 11.2 Å². The first-order chi connectivity index (χ1) is 11.1. The van der Waals surface area contributed by atoms with Crippen molar-refractivity contribution < 1.29 is 14.3 Å². The van der Waals surface area contributed by atoms with Crippen molar-refractivity contribution >= 4 is 22.9 Å². The summed E-state index contributed by atoms with van der Waals surface area (Å²) in [4.78, 5) is 16.3. The summed E-state index contributed by atoms with van der Waals surface area (Å²) in [7, 11) is 0. The average molecular weight is 328 g/mol. The summed E-state index contributed by atoms with van der Waals surface area (Å²) in [5, 5.41) is 14.3. The number of aromatic hydroxyl groups is 1. The maximum Gasteiger partial charge on any atom is 0.230 e. The highest BCUT2D eigenvalue weighted by Crippen LogP contribution is 2.26. The second-order valence-corrected chi connectivity index (χ2v) is 5.76. The van der Waals surface area contributed by atoms with Crippen molar-refractivity contribution in [3.63, 3.8) is 0 Å². The Morgan fingerprint density at radius 2 is 2.04 bits per heavy atom. The molecule has 116 valence electrons.